The van der Waals surface area contributed by atoms with Crippen LogP contribution in [0.3, 0.4) is 0 Å². The molecule has 12 heteroatoms. The molecule has 0 saturated heterocycles. The Morgan fingerprint density at radius 1 is 1.03 bits per heavy atom. The lowest BCUT2D eigenvalue weighted by Gasteiger charge is -2.13. The number of azo groups is 1. The van der Waals surface area contributed by atoms with Gasteiger partial charge in [0.2, 0.25) is 0 Å². The average Bonchev–Trinajstić information content (AvgIpc) is 2.83. The number of aryl methyl sites for hydroxylation is 1. The van der Waals surface area contributed by atoms with Gasteiger partial charge < -0.3 is 15.2 Å². The molecule has 4 aromatic rings. The maximum atomic E-state index is 13.2. The predicted molar refractivity (Wildman–Crippen MR) is 142 cm³/mol. The fourth-order valence-corrected chi connectivity index (χ4v) is 5.17. The third kappa shape index (κ3) is 5.37. The van der Waals surface area contributed by atoms with E-state index in [1.54, 1.807) is 49.4 Å². The number of anilines is 1. The number of amides is 1. The largest absolute Gasteiger partial charge is 0.505 e. The van der Waals surface area contributed by atoms with Gasteiger partial charge in [0.1, 0.15) is 27.0 Å². The summed E-state index contributed by atoms with van der Waals surface area (Å²) in [5.74, 6) is -0.846. The fraction of sp³-hybridized carbons (Fsp3) is 0.0800. The number of hydrogen-bond donors (Lipinski definition) is 3. The zero-order valence-corrected chi connectivity index (χ0v) is 21.7. The van der Waals surface area contributed by atoms with Crippen LogP contribution in [0.2, 0.25) is 10.0 Å². The van der Waals surface area contributed by atoms with Crippen LogP contribution in [0.15, 0.2) is 75.8 Å². The smallest absolute Gasteiger partial charge is 0.298 e. The Labute approximate surface area is 222 Å². The zero-order valence-electron chi connectivity index (χ0n) is 19.4. The maximum Gasteiger partial charge on any atom is 0.298 e. The van der Waals surface area contributed by atoms with Gasteiger partial charge in [-0.2, -0.15) is 8.42 Å². The quantitative estimate of drug-likeness (QED) is 0.170. The highest BCUT2D eigenvalue weighted by atomic mass is 35.5. The lowest BCUT2D eigenvalue weighted by molar-refractivity contribution is 0.102. The second-order valence-corrected chi connectivity index (χ2v) is 10.0. The first-order valence-corrected chi connectivity index (χ1v) is 12.8. The topological polar surface area (TPSA) is 138 Å². The highest BCUT2D eigenvalue weighted by Crippen LogP contribution is 2.41. The molecule has 0 aliphatic heterocycles. The van der Waals surface area contributed by atoms with Gasteiger partial charge in [-0.05, 0) is 48.2 Å². The molecular weight excluding hydrogens is 541 g/mol. The standard InChI is InChI=1S/C25H19Cl2N3O6S/c1-13-10-17(26)24(37(33,34)35)19(11-13)29-30-22-15-7-4-3-6-14(15)12-16(23(22)31)25(32)28-18-8-5-9-20(36-2)21(18)27/h3-12,31H,1-2H3,(H,28,32)(H,33,34,35). The highest BCUT2D eigenvalue weighted by Gasteiger charge is 2.23. The minimum Gasteiger partial charge on any atom is -0.505 e. The summed E-state index contributed by atoms with van der Waals surface area (Å²) >= 11 is 12.3. The molecule has 9 nitrogen and oxygen atoms in total. The number of benzene rings is 4. The van der Waals surface area contributed by atoms with Crippen LogP contribution < -0.4 is 10.1 Å². The van der Waals surface area contributed by atoms with E-state index in [0.717, 1.165) is 0 Å². The summed E-state index contributed by atoms with van der Waals surface area (Å²) in [4.78, 5) is 12.5. The molecule has 0 aliphatic carbocycles. The first-order chi connectivity index (χ1) is 17.5. The fourth-order valence-electron chi connectivity index (χ4n) is 3.69. The molecule has 0 spiro atoms. The van der Waals surface area contributed by atoms with Gasteiger partial charge in [0.15, 0.2) is 5.75 Å². The molecule has 0 aliphatic rings. The number of carbonyl (C=O) groups excluding carboxylic acids is 1. The average molecular weight is 560 g/mol. The molecule has 0 aromatic heterocycles. The van der Waals surface area contributed by atoms with Crippen molar-refractivity contribution in [1.29, 1.82) is 0 Å². The Hall–Kier alpha value is -3.70. The van der Waals surface area contributed by atoms with E-state index in [1.807, 2.05) is 0 Å². The summed E-state index contributed by atoms with van der Waals surface area (Å²) in [7, 11) is -3.30. The zero-order chi connectivity index (χ0) is 26.9. The van der Waals surface area contributed by atoms with E-state index in [1.165, 1.54) is 25.3 Å². The van der Waals surface area contributed by atoms with Crippen molar-refractivity contribution >= 4 is 67.1 Å². The number of halogens is 2. The molecule has 190 valence electrons. The molecule has 0 radical (unpaired) electrons. The van der Waals surface area contributed by atoms with Crippen LogP contribution in [0.25, 0.3) is 10.8 Å². The molecule has 4 aromatic carbocycles. The summed E-state index contributed by atoms with van der Waals surface area (Å²) in [6, 6.07) is 15.8. The molecule has 0 unspecified atom stereocenters. The molecule has 0 heterocycles. The van der Waals surface area contributed by atoms with Crippen LogP contribution in [0.4, 0.5) is 17.1 Å². The molecule has 4 rings (SSSR count). The normalized spacial score (nSPS) is 11.7. The molecule has 37 heavy (non-hydrogen) atoms. The molecule has 0 fully saturated rings. The van der Waals surface area contributed by atoms with Gasteiger partial charge >= 0.3 is 0 Å². The van der Waals surface area contributed by atoms with E-state index in [4.69, 9.17) is 27.9 Å². The number of hydrogen-bond acceptors (Lipinski definition) is 7. The van der Waals surface area contributed by atoms with Gasteiger partial charge in [-0.15, -0.1) is 10.2 Å². The van der Waals surface area contributed by atoms with E-state index in [9.17, 15) is 22.9 Å². The number of ether oxygens (including phenoxy) is 1. The number of methoxy groups -OCH3 is 1. The minimum atomic E-state index is -4.74. The number of nitrogens with zero attached hydrogens (tertiary/aromatic N) is 2. The number of phenolic OH excluding ortho intramolecular Hbond substituents is 1. The van der Waals surface area contributed by atoms with Crippen molar-refractivity contribution in [2.75, 3.05) is 12.4 Å². The van der Waals surface area contributed by atoms with Crippen molar-refractivity contribution < 1.29 is 27.6 Å². The Bertz CT molecular complexity index is 1690. The summed E-state index contributed by atoms with van der Waals surface area (Å²) in [5, 5.41) is 22.7. The molecule has 0 saturated carbocycles. The van der Waals surface area contributed by atoms with Crippen molar-refractivity contribution in [2.45, 2.75) is 11.8 Å². The van der Waals surface area contributed by atoms with Crippen molar-refractivity contribution in [1.82, 2.24) is 0 Å². The highest BCUT2D eigenvalue weighted by molar-refractivity contribution is 7.86. The van der Waals surface area contributed by atoms with Gasteiger partial charge in [0, 0.05) is 5.39 Å². The monoisotopic (exact) mass is 559 g/mol. The van der Waals surface area contributed by atoms with Gasteiger partial charge in [-0.1, -0.05) is 53.5 Å². The molecule has 3 N–H and O–H groups in total. The van der Waals surface area contributed by atoms with Crippen molar-refractivity contribution in [3.05, 3.63) is 81.8 Å². The SMILES string of the molecule is COc1cccc(NC(=O)c2cc3ccccc3c(N=Nc3cc(C)cc(Cl)c3S(=O)(=O)O)c2O)c1Cl. The summed E-state index contributed by atoms with van der Waals surface area (Å²) in [6.07, 6.45) is 0. The van der Waals surface area contributed by atoms with Crippen molar-refractivity contribution in [3.8, 4) is 11.5 Å². The maximum absolute atomic E-state index is 13.2. The van der Waals surface area contributed by atoms with Gasteiger partial charge in [0.25, 0.3) is 16.0 Å². The van der Waals surface area contributed by atoms with Gasteiger partial charge in [-0.25, -0.2) is 0 Å². The number of fused-ring (bicyclic) bond motifs is 1. The lowest BCUT2D eigenvalue weighted by Crippen LogP contribution is -2.12. The van der Waals surface area contributed by atoms with Crippen molar-refractivity contribution in [2.24, 2.45) is 10.2 Å². The number of aromatic hydroxyl groups is 1. The van der Waals surface area contributed by atoms with Crippen LogP contribution in [-0.4, -0.2) is 31.1 Å². The summed E-state index contributed by atoms with van der Waals surface area (Å²) < 4.78 is 38.6. The van der Waals surface area contributed by atoms with Crippen LogP contribution in [0.5, 0.6) is 11.5 Å². The van der Waals surface area contributed by atoms with Crippen LogP contribution >= 0.6 is 23.2 Å². The Morgan fingerprint density at radius 3 is 2.46 bits per heavy atom. The molecule has 1 amide bonds. The minimum absolute atomic E-state index is 0.0982. The predicted octanol–water partition coefficient (Wildman–Crippen LogP) is 7.08. The van der Waals surface area contributed by atoms with Crippen molar-refractivity contribution in [3.63, 3.8) is 0 Å². The molecular formula is C25H19Cl2N3O6S. The third-order valence-electron chi connectivity index (χ3n) is 5.36. The van der Waals surface area contributed by atoms with Gasteiger partial charge in [-0.3, -0.25) is 9.35 Å². The Morgan fingerprint density at radius 2 is 1.76 bits per heavy atom. The lowest BCUT2D eigenvalue weighted by atomic mass is 10.0. The van der Waals surface area contributed by atoms with E-state index >= 15 is 0 Å². The van der Waals surface area contributed by atoms with Crippen LogP contribution in [-0.2, 0) is 10.1 Å². The van der Waals surface area contributed by atoms with E-state index in [0.29, 0.717) is 22.1 Å². The Kier molecular flexibility index (Phi) is 7.37. The van der Waals surface area contributed by atoms with E-state index in [2.05, 4.69) is 15.5 Å². The van der Waals surface area contributed by atoms with Crippen LogP contribution in [0, 0.1) is 6.92 Å². The second-order valence-electron chi connectivity index (χ2n) is 7.89. The summed E-state index contributed by atoms with van der Waals surface area (Å²) in [6.45, 7) is 1.65. The summed E-state index contributed by atoms with van der Waals surface area (Å²) in [5.41, 5.74) is 0.342. The van der Waals surface area contributed by atoms with E-state index < -0.39 is 26.7 Å². The number of rotatable bonds is 6. The van der Waals surface area contributed by atoms with Gasteiger partial charge in [0.05, 0.1) is 23.4 Å². The van der Waals surface area contributed by atoms with E-state index in [-0.39, 0.29) is 32.7 Å². The number of carbonyl (C=O) groups is 1. The molecule has 0 atom stereocenters. The second kappa shape index (κ2) is 10.3. The first-order valence-electron chi connectivity index (χ1n) is 10.6. The number of phenols is 1. The third-order valence-corrected chi connectivity index (χ3v) is 7.10. The molecule has 0 bridgehead atoms. The van der Waals surface area contributed by atoms with Crippen LogP contribution in [0.1, 0.15) is 15.9 Å². The number of nitrogens with one attached hydrogen (secondary N) is 1. The first kappa shape index (κ1) is 26.4. The Balaban J connectivity index is 1.85.